The van der Waals surface area contributed by atoms with Crippen LogP contribution in [0, 0.1) is 0 Å². The van der Waals surface area contributed by atoms with E-state index in [2.05, 4.69) is 117 Å². The Morgan fingerprint density at radius 2 is 0.704 bits per heavy atom. The topological polar surface area (TPSA) is 105 Å². The molecule has 10 heteroatoms. The van der Waals surface area contributed by atoms with Crippen molar-refractivity contribution >= 4 is 49.7 Å². The van der Waals surface area contributed by atoms with Gasteiger partial charge < -0.3 is 0 Å². The summed E-state index contributed by atoms with van der Waals surface area (Å²) in [4.78, 5) is 36.0. The van der Waals surface area contributed by atoms with Crippen LogP contribution >= 0.6 is 0 Å². The first-order valence-corrected chi connectivity index (χ1v) is 23.5. The normalized spacial score (nSPS) is 11.7. The van der Waals surface area contributed by atoms with Gasteiger partial charge in [0.05, 0.1) is 33.1 Å². The molecule has 0 amide bonds. The number of nitrogens with zero attached hydrogens (tertiary/aromatic N) is 10. The predicted octanol–water partition coefficient (Wildman–Crippen LogP) is 13.9. The highest BCUT2D eigenvalue weighted by Crippen LogP contribution is 2.41. The van der Waals surface area contributed by atoms with Crippen molar-refractivity contribution in [3.63, 3.8) is 0 Å². The molecule has 0 atom stereocenters. The van der Waals surface area contributed by atoms with E-state index in [1.165, 1.54) is 0 Å². The molecule has 10 nitrogen and oxygen atoms in total. The predicted molar refractivity (Wildman–Crippen MR) is 283 cm³/mol. The molecule has 14 aromatic rings. The highest BCUT2D eigenvalue weighted by molar-refractivity contribution is 6.16. The van der Waals surface area contributed by atoms with Gasteiger partial charge in [-0.2, -0.15) is 19.9 Å². The van der Waals surface area contributed by atoms with Gasteiger partial charge in [-0.05, 0) is 53.1 Å². The van der Waals surface area contributed by atoms with E-state index in [1.54, 1.807) is 0 Å². The van der Waals surface area contributed by atoms with E-state index in [0.717, 1.165) is 88.4 Å². The average Bonchev–Trinajstić information content (AvgIpc) is 4.11. The number of fused-ring (bicyclic) bond motifs is 8. The summed E-state index contributed by atoms with van der Waals surface area (Å²) < 4.78 is 6.50. The molecule has 0 aliphatic heterocycles. The van der Waals surface area contributed by atoms with Crippen molar-refractivity contribution in [3.8, 4) is 79.7 Å². The maximum absolute atomic E-state index is 5.28. The fourth-order valence-electron chi connectivity index (χ4n) is 9.99. The molecule has 0 N–H and O–H groups in total. The third kappa shape index (κ3) is 6.69. The van der Waals surface area contributed by atoms with Gasteiger partial charge in [0.1, 0.15) is 0 Å². The van der Waals surface area contributed by atoms with Gasteiger partial charge in [-0.15, -0.1) is 0 Å². The minimum absolute atomic E-state index is 0.479. The van der Waals surface area contributed by atoms with Crippen LogP contribution in [0.5, 0.6) is 0 Å². The summed E-state index contributed by atoms with van der Waals surface area (Å²) in [7, 11) is 0. The minimum Gasteiger partial charge on any atom is -0.278 e. The zero-order valence-electron chi connectivity index (χ0n) is 37.9. The molecular weight excluding hydrogens is 873 g/mol. The molecule has 0 saturated heterocycles. The Balaban J connectivity index is 0.973. The molecule has 5 aromatic heterocycles. The Labute approximate surface area is 406 Å². The number of aromatic nitrogens is 10. The number of imidazole rings is 2. The Hall–Kier alpha value is -9.93. The Morgan fingerprint density at radius 1 is 0.282 bits per heavy atom. The minimum atomic E-state index is 0.479. The van der Waals surface area contributed by atoms with Crippen LogP contribution in [0.1, 0.15) is 0 Å². The maximum atomic E-state index is 5.28. The maximum Gasteiger partial charge on any atom is 0.241 e. The lowest BCUT2D eigenvalue weighted by Crippen LogP contribution is -2.07. The second-order valence-electron chi connectivity index (χ2n) is 17.4. The van der Waals surface area contributed by atoms with Crippen LogP contribution in [0.2, 0.25) is 0 Å². The van der Waals surface area contributed by atoms with Gasteiger partial charge in [0.15, 0.2) is 23.3 Å². The van der Waals surface area contributed by atoms with Crippen molar-refractivity contribution in [2.75, 3.05) is 0 Å². The Bertz CT molecular complexity index is 4220. The van der Waals surface area contributed by atoms with Gasteiger partial charge in [-0.25, -0.2) is 19.5 Å². The van der Waals surface area contributed by atoms with Crippen LogP contribution in [-0.4, -0.2) is 48.4 Å². The van der Waals surface area contributed by atoms with Gasteiger partial charge in [-0.3, -0.25) is 8.97 Å². The number of hydrogen-bond acceptors (Lipinski definition) is 7. The number of hydrogen-bond donors (Lipinski definition) is 0. The molecule has 5 heterocycles. The van der Waals surface area contributed by atoms with Crippen LogP contribution in [0.4, 0.5) is 0 Å². The first-order valence-electron chi connectivity index (χ1n) is 23.5. The fraction of sp³-hybridized carbons (Fsp3) is 0. The van der Waals surface area contributed by atoms with E-state index in [1.807, 2.05) is 127 Å². The third-order valence-electron chi connectivity index (χ3n) is 13.2. The van der Waals surface area contributed by atoms with Gasteiger partial charge in [-0.1, -0.05) is 194 Å². The summed E-state index contributed by atoms with van der Waals surface area (Å²) in [6.07, 6.45) is 0. The molecule has 0 fully saturated rings. The van der Waals surface area contributed by atoms with Crippen molar-refractivity contribution in [2.24, 2.45) is 0 Å². The van der Waals surface area contributed by atoms with Gasteiger partial charge in [0.25, 0.3) is 0 Å². The Morgan fingerprint density at radius 3 is 1.28 bits per heavy atom. The van der Waals surface area contributed by atoms with E-state index in [0.29, 0.717) is 41.0 Å². The standard InChI is InChI=1S/C61H38N10/c1-5-20-39(21-6-1)55-63-56(40-22-7-2-8-23-40)66-59(65-55)69-49-34-15-13-30-47(49)53-45(31-18-36-51(53)69)43-28-17-29-44(38-43)46-32-19-37-52-54(46)70-50-35-16-14-33-48(50)62-61(70)71(52)60-67-57(41-24-9-3-10-25-41)64-58(68-60)42-26-11-4-12-27-42/h1-38H. The molecule has 0 aliphatic rings. The lowest BCUT2D eigenvalue weighted by molar-refractivity contribution is 0.937. The Kier molecular flexibility index (Phi) is 9.27. The highest BCUT2D eigenvalue weighted by atomic mass is 15.3. The second kappa shape index (κ2) is 16.4. The molecule has 71 heavy (non-hydrogen) atoms. The summed E-state index contributed by atoms with van der Waals surface area (Å²) in [5.74, 6) is 4.10. The SMILES string of the molecule is c1ccc(-c2nc(-c3ccccc3)nc(-n3c4ccccc4c4c(-c5cccc(-c6cccc7c6n6c8ccccc8nc6n7-c6nc(-c7ccccc7)nc(-c7ccccc7)n6)c5)cccc43)n2)cc1. The molecule has 0 saturated carbocycles. The quantitative estimate of drug-likeness (QED) is 0.149. The van der Waals surface area contributed by atoms with Gasteiger partial charge in [0.2, 0.25) is 17.7 Å². The van der Waals surface area contributed by atoms with E-state index in [-0.39, 0.29) is 0 Å². The summed E-state index contributed by atoms with van der Waals surface area (Å²) in [5.41, 5.74) is 13.6. The molecule has 0 unspecified atom stereocenters. The number of benzene rings is 9. The summed E-state index contributed by atoms with van der Waals surface area (Å²) in [6.45, 7) is 0. The lowest BCUT2D eigenvalue weighted by Gasteiger charge is -2.12. The molecule has 9 aromatic carbocycles. The highest BCUT2D eigenvalue weighted by Gasteiger charge is 2.25. The van der Waals surface area contributed by atoms with Crippen molar-refractivity contribution in [1.29, 1.82) is 0 Å². The van der Waals surface area contributed by atoms with Crippen LogP contribution in [-0.2, 0) is 0 Å². The van der Waals surface area contributed by atoms with Crippen molar-refractivity contribution in [2.45, 2.75) is 0 Å². The second-order valence-corrected chi connectivity index (χ2v) is 17.4. The van der Waals surface area contributed by atoms with E-state index in [9.17, 15) is 0 Å². The summed E-state index contributed by atoms with van der Waals surface area (Å²) in [5, 5.41) is 2.20. The number of rotatable bonds is 8. The van der Waals surface area contributed by atoms with E-state index < -0.39 is 0 Å². The fourth-order valence-corrected chi connectivity index (χ4v) is 9.99. The van der Waals surface area contributed by atoms with Crippen molar-refractivity contribution < 1.29 is 0 Å². The van der Waals surface area contributed by atoms with Crippen LogP contribution in [0.15, 0.2) is 231 Å². The molecule has 14 rings (SSSR count). The molecule has 0 spiro atoms. The van der Waals surface area contributed by atoms with Crippen LogP contribution in [0.25, 0.3) is 129 Å². The van der Waals surface area contributed by atoms with Crippen LogP contribution in [0.3, 0.4) is 0 Å². The molecule has 0 bridgehead atoms. The summed E-state index contributed by atoms with van der Waals surface area (Å²) >= 11 is 0. The van der Waals surface area contributed by atoms with E-state index >= 15 is 0 Å². The average molecular weight is 911 g/mol. The van der Waals surface area contributed by atoms with Crippen LogP contribution < -0.4 is 0 Å². The molecule has 0 aliphatic carbocycles. The van der Waals surface area contributed by atoms with Gasteiger partial charge in [0, 0.05) is 38.6 Å². The molecule has 0 radical (unpaired) electrons. The summed E-state index contributed by atoms with van der Waals surface area (Å²) in [6, 6.07) is 78.9. The smallest absolute Gasteiger partial charge is 0.241 e. The van der Waals surface area contributed by atoms with E-state index in [4.69, 9.17) is 34.9 Å². The molecule has 332 valence electrons. The number of para-hydroxylation sites is 4. The van der Waals surface area contributed by atoms with Crippen molar-refractivity contribution in [1.82, 2.24) is 48.4 Å². The third-order valence-corrected chi connectivity index (χ3v) is 13.2. The molecular formula is C61H38N10. The first kappa shape index (κ1) is 40.2. The largest absolute Gasteiger partial charge is 0.278 e. The van der Waals surface area contributed by atoms with Gasteiger partial charge >= 0.3 is 0 Å². The first-order chi connectivity index (χ1) is 35.2. The zero-order chi connectivity index (χ0) is 46.8. The van der Waals surface area contributed by atoms with Crippen molar-refractivity contribution in [3.05, 3.63) is 231 Å². The zero-order valence-corrected chi connectivity index (χ0v) is 37.9. The lowest BCUT2D eigenvalue weighted by atomic mass is 9.95. The monoisotopic (exact) mass is 910 g/mol.